The minimum atomic E-state index is -0.0862. The van der Waals surface area contributed by atoms with Crippen LogP contribution in [0.4, 0.5) is 0 Å². The number of benzene rings is 4. The van der Waals surface area contributed by atoms with Crippen LogP contribution in [0.25, 0.3) is 32.7 Å². The van der Waals surface area contributed by atoms with Crippen LogP contribution in [0.5, 0.6) is 11.5 Å². The van der Waals surface area contributed by atoms with E-state index >= 15 is 0 Å². The van der Waals surface area contributed by atoms with Crippen molar-refractivity contribution in [3.63, 3.8) is 0 Å². The van der Waals surface area contributed by atoms with Gasteiger partial charge in [0.2, 0.25) is 0 Å². The summed E-state index contributed by atoms with van der Waals surface area (Å²) in [6.45, 7) is 9.09. The van der Waals surface area contributed by atoms with Crippen molar-refractivity contribution in [3.8, 4) is 22.6 Å². The first kappa shape index (κ1) is 21.6. The third-order valence-corrected chi connectivity index (χ3v) is 5.52. The Balaban J connectivity index is 2.06. The highest BCUT2D eigenvalue weighted by molar-refractivity contribution is 6.12. The van der Waals surface area contributed by atoms with Crippen molar-refractivity contribution in [1.29, 1.82) is 0 Å². The van der Waals surface area contributed by atoms with Gasteiger partial charge in [-0.05, 0) is 58.7 Å². The van der Waals surface area contributed by atoms with E-state index < -0.39 is 0 Å². The average Bonchev–Trinajstić information content (AvgIpc) is 2.84. The number of allylic oxidation sites excluding steroid dienone is 1. The maximum Gasteiger partial charge on any atom is 0.185 e. The molecule has 0 aliphatic rings. The van der Waals surface area contributed by atoms with E-state index in [0.29, 0.717) is 18.8 Å². The molecule has 0 aromatic heterocycles. The first-order valence-corrected chi connectivity index (χ1v) is 11.2. The minimum Gasteiger partial charge on any atom is -0.493 e. The first-order chi connectivity index (χ1) is 15.7. The smallest absolute Gasteiger partial charge is 0.185 e. The Hall–Kier alpha value is -3.59. The second-order valence-corrected chi connectivity index (χ2v) is 7.80. The highest BCUT2D eigenvalue weighted by Gasteiger charge is 2.19. The van der Waals surface area contributed by atoms with Gasteiger partial charge < -0.3 is 9.47 Å². The zero-order valence-corrected chi connectivity index (χ0v) is 18.7. The van der Waals surface area contributed by atoms with Gasteiger partial charge in [-0.25, -0.2) is 0 Å². The quantitative estimate of drug-likeness (QED) is 0.205. The molecule has 3 nitrogen and oxygen atoms in total. The lowest BCUT2D eigenvalue weighted by atomic mass is 9.91. The molecule has 0 aliphatic heterocycles. The Morgan fingerprint density at radius 2 is 1.38 bits per heavy atom. The molecule has 0 amide bonds. The van der Waals surface area contributed by atoms with Crippen LogP contribution in [0.2, 0.25) is 0 Å². The van der Waals surface area contributed by atoms with Crippen molar-refractivity contribution in [2.24, 2.45) is 0 Å². The standard InChI is InChI=1S/C29H28O3/c1-4-17-31-26-15-12-20-9-7-8-10-23(20)28(26)29-24-14-11-22(25(30)6-3)19-21(24)13-16-27(29)32-18-5-2/h6-16,19H,3-5,17-18H2,1-2H3. The normalized spacial score (nSPS) is 10.9. The fourth-order valence-electron chi connectivity index (χ4n) is 4.01. The maximum absolute atomic E-state index is 12.2. The van der Waals surface area contributed by atoms with Gasteiger partial charge in [-0.2, -0.15) is 0 Å². The lowest BCUT2D eigenvalue weighted by Gasteiger charge is -2.19. The molecule has 4 aromatic rings. The lowest BCUT2D eigenvalue weighted by molar-refractivity contribution is 0.104. The number of carbonyl (C=O) groups excluding carboxylic acids is 1. The summed E-state index contributed by atoms with van der Waals surface area (Å²) in [4.78, 5) is 12.2. The molecule has 4 rings (SSSR count). The van der Waals surface area contributed by atoms with Crippen molar-refractivity contribution in [2.45, 2.75) is 26.7 Å². The summed E-state index contributed by atoms with van der Waals surface area (Å²) in [5, 5.41) is 4.26. The first-order valence-electron chi connectivity index (χ1n) is 11.2. The Kier molecular flexibility index (Phi) is 6.55. The number of hydrogen-bond donors (Lipinski definition) is 0. The van der Waals surface area contributed by atoms with Crippen LogP contribution in [0.3, 0.4) is 0 Å². The average molecular weight is 425 g/mol. The zero-order chi connectivity index (χ0) is 22.5. The van der Waals surface area contributed by atoms with Gasteiger partial charge >= 0.3 is 0 Å². The molecular weight excluding hydrogens is 396 g/mol. The topological polar surface area (TPSA) is 35.5 Å². The van der Waals surface area contributed by atoms with E-state index in [0.717, 1.165) is 57.0 Å². The number of carbonyl (C=O) groups is 1. The molecule has 0 saturated carbocycles. The van der Waals surface area contributed by atoms with E-state index in [2.05, 4.69) is 38.6 Å². The molecule has 0 aliphatic carbocycles. The second kappa shape index (κ2) is 9.69. The number of hydrogen-bond acceptors (Lipinski definition) is 3. The van der Waals surface area contributed by atoms with Gasteiger partial charge in [0, 0.05) is 16.7 Å². The Morgan fingerprint density at radius 1 is 0.781 bits per heavy atom. The molecule has 0 atom stereocenters. The summed E-state index contributed by atoms with van der Waals surface area (Å²) in [5.74, 6) is 1.57. The predicted molar refractivity (Wildman–Crippen MR) is 133 cm³/mol. The van der Waals surface area contributed by atoms with E-state index in [9.17, 15) is 4.79 Å². The summed E-state index contributed by atoms with van der Waals surface area (Å²) >= 11 is 0. The summed E-state index contributed by atoms with van der Waals surface area (Å²) in [6, 6.07) is 22.3. The van der Waals surface area contributed by atoms with Crippen LogP contribution < -0.4 is 9.47 Å². The fourth-order valence-corrected chi connectivity index (χ4v) is 4.01. The molecule has 0 saturated heterocycles. The van der Waals surface area contributed by atoms with Crippen molar-refractivity contribution in [2.75, 3.05) is 13.2 Å². The lowest BCUT2D eigenvalue weighted by Crippen LogP contribution is -2.02. The van der Waals surface area contributed by atoms with Crippen LogP contribution >= 0.6 is 0 Å². The van der Waals surface area contributed by atoms with Crippen LogP contribution in [0, 0.1) is 0 Å². The molecule has 0 spiro atoms. The summed E-state index contributed by atoms with van der Waals surface area (Å²) in [6.07, 6.45) is 3.19. The van der Waals surface area contributed by atoms with Gasteiger partial charge in [0.05, 0.1) is 13.2 Å². The van der Waals surface area contributed by atoms with Crippen molar-refractivity contribution >= 4 is 27.3 Å². The minimum absolute atomic E-state index is 0.0862. The van der Waals surface area contributed by atoms with E-state index in [1.807, 2.05) is 48.5 Å². The number of rotatable bonds is 9. The van der Waals surface area contributed by atoms with Crippen LogP contribution in [0.1, 0.15) is 37.0 Å². The Morgan fingerprint density at radius 3 is 2.00 bits per heavy atom. The largest absolute Gasteiger partial charge is 0.493 e. The number of ketones is 1. The number of ether oxygens (including phenoxy) is 2. The highest BCUT2D eigenvalue weighted by atomic mass is 16.5. The van der Waals surface area contributed by atoms with Crippen LogP contribution in [0.15, 0.2) is 79.4 Å². The summed E-state index contributed by atoms with van der Waals surface area (Å²) < 4.78 is 12.4. The molecule has 4 aromatic carbocycles. The van der Waals surface area contributed by atoms with E-state index in [-0.39, 0.29) is 5.78 Å². The molecular formula is C29H28O3. The highest BCUT2D eigenvalue weighted by Crippen LogP contribution is 2.45. The van der Waals surface area contributed by atoms with E-state index in [1.54, 1.807) is 0 Å². The molecule has 0 fully saturated rings. The molecule has 0 unspecified atom stereocenters. The third-order valence-electron chi connectivity index (χ3n) is 5.52. The molecule has 0 heterocycles. The SMILES string of the molecule is C=CC(=O)c1ccc2c(-c3c(OCCC)ccc4ccccc34)c(OCCC)ccc2c1. The molecule has 3 heteroatoms. The molecule has 32 heavy (non-hydrogen) atoms. The van der Waals surface area contributed by atoms with Gasteiger partial charge in [-0.3, -0.25) is 4.79 Å². The zero-order valence-electron chi connectivity index (χ0n) is 18.7. The number of fused-ring (bicyclic) bond motifs is 2. The van der Waals surface area contributed by atoms with E-state index in [1.165, 1.54) is 6.08 Å². The van der Waals surface area contributed by atoms with Gasteiger partial charge in [0.25, 0.3) is 0 Å². The van der Waals surface area contributed by atoms with Crippen LogP contribution in [-0.4, -0.2) is 19.0 Å². The third kappa shape index (κ3) is 4.11. The monoisotopic (exact) mass is 424 g/mol. The van der Waals surface area contributed by atoms with Gasteiger partial charge in [-0.15, -0.1) is 0 Å². The van der Waals surface area contributed by atoms with Crippen molar-refractivity contribution in [3.05, 3.63) is 84.9 Å². The molecule has 0 bridgehead atoms. The molecule has 0 radical (unpaired) electrons. The van der Waals surface area contributed by atoms with Gasteiger partial charge in [0.1, 0.15) is 11.5 Å². The second-order valence-electron chi connectivity index (χ2n) is 7.80. The van der Waals surface area contributed by atoms with Crippen molar-refractivity contribution < 1.29 is 14.3 Å². The van der Waals surface area contributed by atoms with Gasteiger partial charge in [0.15, 0.2) is 5.78 Å². The van der Waals surface area contributed by atoms with E-state index in [4.69, 9.17) is 9.47 Å². The van der Waals surface area contributed by atoms with Crippen LogP contribution in [-0.2, 0) is 0 Å². The Bertz CT molecular complexity index is 1290. The fraction of sp³-hybridized carbons (Fsp3) is 0.207. The summed E-state index contributed by atoms with van der Waals surface area (Å²) in [7, 11) is 0. The predicted octanol–water partition coefficient (Wildman–Crippen LogP) is 7.61. The van der Waals surface area contributed by atoms with Gasteiger partial charge in [-0.1, -0.05) is 69.0 Å². The van der Waals surface area contributed by atoms with Crippen molar-refractivity contribution in [1.82, 2.24) is 0 Å². The molecule has 162 valence electrons. The molecule has 0 N–H and O–H groups in total. The Labute approximate surface area is 189 Å². The summed E-state index contributed by atoms with van der Waals surface area (Å²) in [5.41, 5.74) is 2.65. The maximum atomic E-state index is 12.2.